The van der Waals surface area contributed by atoms with Crippen molar-refractivity contribution < 1.29 is 32.3 Å². The summed E-state index contributed by atoms with van der Waals surface area (Å²) in [5.74, 6) is -1.50. The van der Waals surface area contributed by atoms with Gasteiger partial charge in [-0.1, -0.05) is 0 Å². The van der Waals surface area contributed by atoms with Gasteiger partial charge in [0.2, 0.25) is 0 Å². The van der Waals surface area contributed by atoms with Gasteiger partial charge in [-0.25, -0.2) is 0 Å². The molecule has 1 amide bonds. The maximum atomic E-state index is 13.4. The first-order valence-corrected chi connectivity index (χ1v) is 8.99. The number of aryl methyl sites for hydroxylation is 2. The Morgan fingerprint density at radius 3 is 2.46 bits per heavy atom. The van der Waals surface area contributed by atoms with Crippen molar-refractivity contribution in [2.45, 2.75) is 12.6 Å². The zero-order valence-electron chi connectivity index (χ0n) is 13.5. The largest absolute Gasteiger partial charge is 0.417 e. The first kappa shape index (κ1) is 20.0. The number of carbonyl (C=O) groups is 1. The van der Waals surface area contributed by atoms with Crippen molar-refractivity contribution in [2.75, 3.05) is 6.16 Å². The van der Waals surface area contributed by atoms with Crippen LogP contribution < -0.4 is 11.1 Å². The minimum absolute atomic E-state index is 0.0641. The molecule has 0 atom stereocenters. The van der Waals surface area contributed by atoms with E-state index in [9.17, 15) is 22.5 Å². The summed E-state index contributed by atoms with van der Waals surface area (Å²) >= 11 is 0. The van der Waals surface area contributed by atoms with Crippen LogP contribution >= 0.6 is 7.60 Å². The number of guanidine groups is 1. The topological polar surface area (TPSA) is 141 Å². The highest BCUT2D eigenvalue weighted by atomic mass is 31.2. The van der Waals surface area contributed by atoms with Gasteiger partial charge in [-0.15, -0.1) is 0 Å². The second-order valence-electron chi connectivity index (χ2n) is 5.67. The molecule has 1 aromatic carbocycles. The van der Waals surface area contributed by atoms with Crippen LogP contribution in [0, 0.1) is 5.41 Å². The molecule has 0 saturated carbocycles. The number of carbonyl (C=O) groups excluding carboxylic acids is 1. The highest BCUT2D eigenvalue weighted by molar-refractivity contribution is 7.51. The summed E-state index contributed by atoms with van der Waals surface area (Å²) in [7, 11) is -3.01. The van der Waals surface area contributed by atoms with Gasteiger partial charge in [0, 0.05) is 18.0 Å². The molecular weight excluding hydrogens is 376 g/mol. The molecule has 0 aliphatic heterocycles. The molecule has 0 spiro atoms. The number of benzene rings is 1. The van der Waals surface area contributed by atoms with E-state index >= 15 is 0 Å². The van der Waals surface area contributed by atoms with Gasteiger partial charge in [0.15, 0.2) is 5.96 Å². The Hall–Kier alpha value is -2.36. The van der Waals surface area contributed by atoms with Crippen molar-refractivity contribution in [1.82, 2.24) is 9.88 Å². The van der Waals surface area contributed by atoms with Gasteiger partial charge in [-0.3, -0.25) is 20.1 Å². The molecule has 2 aromatic rings. The van der Waals surface area contributed by atoms with E-state index < -0.39 is 37.4 Å². The highest BCUT2D eigenvalue weighted by Crippen LogP contribution is 2.39. The smallest absolute Gasteiger partial charge is 0.370 e. The SMILES string of the molecule is Cn1c(C(=O)NC(=N)N)cc2c(C(F)(F)F)cc(CCP(=O)(O)O)cc21. The van der Waals surface area contributed by atoms with E-state index in [1.807, 2.05) is 5.32 Å². The first-order valence-electron chi connectivity index (χ1n) is 7.19. The maximum Gasteiger partial charge on any atom is 0.417 e. The summed E-state index contributed by atoms with van der Waals surface area (Å²) in [6.45, 7) is 0. The second kappa shape index (κ2) is 6.75. The van der Waals surface area contributed by atoms with Crippen LogP contribution in [0.15, 0.2) is 18.2 Å². The predicted molar refractivity (Wildman–Crippen MR) is 87.9 cm³/mol. The van der Waals surface area contributed by atoms with Crippen molar-refractivity contribution in [1.29, 1.82) is 5.41 Å². The van der Waals surface area contributed by atoms with Crippen LogP contribution in [0.5, 0.6) is 0 Å². The van der Waals surface area contributed by atoms with Gasteiger partial charge >= 0.3 is 13.8 Å². The van der Waals surface area contributed by atoms with E-state index in [0.717, 1.165) is 12.1 Å². The molecule has 26 heavy (non-hydrogen) atoms. The fraction of sp³-hybridized carbons (Fsp3) is 0.286. The summed E-state index contributed by atoms with van der Waals surface area (Å²) < 4.78 is 52.4. The van der Waals surface area contributed by atoms with E-state index in [1.165, 1.54) is 17.7 Å². The molecule has 0 unspecified atom stereocenters. The second-order valence-corrected chi connectivity index (χ2v) is 7.45. The molecule has 0 saturated heterocycles. The molecule has 0 aliphatic carbocycles. The molecule has 0 bridgehead atoms. The third-order valence-electron chi connectivity index (χ3n) is 3.70. The van der Waals surface area contributed by atoms with Crippen LogP contribution in [0.3, 0.4) is 0 Å². The zero-order valence-corrected chi connectivity index (χ0v) is 14.4. The number of nitrogens with one attached hydrogen (secondary N) is 2. The third-order valence-corrected chi connectivity index (χ3v) is 4.51. The Balaban J connectivity index is 2.63. The van der Waals surface area contributed by atoms with Crippen molar-refractivity contribution in [2.24, 2.45) is 12.8 Å². The quantitative estimate of drug-likeness (QED) is 0.305. The van der Waals surface area contributed by atoms with Crippen LogP contribution in [-0.4, -0.2) is 32.4 Å². The highest BCUT2D eigenvalue weighted by Gasteiger charge is 2.34. The summed E-state index contributed by atoms with van der Waals surface area (Å²) in [6, 6.07) is 3.18. The minimum atomic E-state index is -4.73. The number of amides is 1. The van der Waals surface area contributed by atoms with Gasteiger partial charge in [-0.05, 0) is 30.2 Å². The van der Waals surface area contributed by atoms with E-state index in [1.54, 1.807) is 0 Å². The average molecular weight is 392 g/mol. The Bertz CT molecular complexity index is 932. The number of hydrogen-bond donors (Lipinski definition) is 5. The maximum absolute atomic E-state index is 13.4. The average Bonchev–Trinajstić information content (AvgIpc) is 2.79. The predicted octanol–water partition coefficient (Wildman–Crippen LogP) is 1.54. The van der Waals surface area contributed by atoms with Crippen LogP contribution in [0.1, 0.15) is 21.6 Å². The lowest BCUT2D eigenvalue weighted by molar-refractivity contribution is -0.136. The lowest BCUT2D eigenvalue weighted by Crippen LogP contribution is -2.36. The van der Waals surface area contributed by atoms with Crippen LogP contribution in [0.2, 0.25) is 0 Å². The number of rotatable bonds is 4. The summed E-state index contributed by atoms with van der Waals surface area (Å²) in [6.07, 6.45) is -5.59. The Labute approximate surface area is 145 Å². The van der Waals surface area contributed by atoms with Gasteiger partial charge in [-0.2, -0.15) is 13.2 Å². The molecular formula is C14H16F3N4O4P. The van der Waals surface area contributed by atoms with Crippen molar-refractivity contribution in [3.63, 3.8) is 0 Å². The van der Waals surface area contributed by atoms with E-state index in [2.05, 4.69) is 0 Å². The Kier molecular flexibility index (Phi) is 5.18. The monoisotopic (exact) mass is 392 g/mol. The summed E-state index contributed by atoms with van der Waals surface area (Å²) in [5, 5.41) is 8.80. The number of aromatic nitrogens is 1. The van der Waals surface area contributed by atoms with E-state index in [4.69, 9.17) is 20.9 Å². The van der Waals surface area contributed by atoms with Gasteiger partial charge in [0.05, 0.1) is 11.7 Å². The van der Waals surface area contributed by atoms with Gasteiger partial charge < -0.3 is 20.1 Å². The molecule has 1 aromatic heterocycles. The zero-order chi connectivity index (χ0) is 19.9. The minimum Gasteiger partial charge on any atom is -0.370 e. The van der Waals surface area contributed by atoms with E-state index in [-0.39, 0.29) is 28.6 Å². The van der Waals surface area contributed by atoms with Crippen molar-refractivity contribution in [3.05, 3.63) is 35.0 Å². The summed E-state index contributed by atoms with van der Waals surface area (Å²) in [5.41, 5.74) is 4.04. The third kappa shape index (κ3) is 4.43. The number of halogens is 3. The van der Waals surface area contributed by atoms with E-state index in [0.29, 0.717) is 0 Å². The molecule has 0 fully saturated rings. The number of alkyl halides is 3. The number of nitrogens with zero attached hydrogens (tertiary/aromatic N) is 1. The van der Waals surface area contributed by atoms with Gasteiger partial charge in [0.1, 0.15) is 5.69 Å². The standard InChI is InChI=1S/C14H16F3N4O4P/c1-21-10-5-7(2-3-26(23,24)25)4-9(14(15,16)17)8(10)6-11(21)12(22)20-13(18)19/h4-6H,2-3H2,1H3,(H2,23,24,25)(H4,18,19,20,22). The molecule has 0 aliphatic rings. The molecule has 2 rings (SSSR count). The van der Waals surface area contributed by atoms with Gasteiger partial charge in [0.25, 0.3) is 5.91 Å². The Morgan fingerprint density at radius 2 is 1.96 bits per heavy atom. The van der Waals surface area contributed by atoms with Crippen LogP contribution in [0.4, 0.5) is 13.2 Å². The fourth-order valence-electron chi connectivity index (χ4n) is 2.55. The molecule has 6 N–H and O–H groups in total. The molecule has 1 heterocycles. The van der Waals surface area contributed by atoms with Crippen molar-refractivity contribution >= 4 is 30.4 Å². The van der Waals surface area contributed by atoms with Crippen molar-refractivity contribution in [3.8, 4) is 0 Å². The van der Waals surface area contributed by atoms with Crippen LogP contribution in [0.25, 0.3) is 10.9 Å². The number of hydrogen-bond acceptors (Lipinski definition) is 3. The Morgan fingerprint density at radius 1 is 1.35 bits per heavy atom. The first-order chi connectivity index (χ1) is 11.8. The van der Waals surface area contributed by atoms with Crippen LogP contribution in [-0.2, 0) is 24.2 Å². The number of fused-ring (bicyclic) bond motifs is 1. The summed E-state index contributed by atoms with van der Waals surface area (Å²) in [4.78, 5) is 29.9. The molecule has 142 valence electrons. The molecule has 12 heteroatoms. The molecule has 0 radical (unpaired) electrons. The molecule has 8 nitrogen and oxygen atoms in total. The lowest BCUT2D eigenvalue weighted by Gasteiger charge is -2.12. The normalized spacial score (nSPS) is 12.4. The lowest BCUT2D eigenvalue weighted by atomic mass is 10.0. The number of nitrogens with two attached hydrogens (primary N) is 1. The fourth-order valence-corrected chi connectivity index (χ4v) is 3.10.